The van der Waals surface area contributed by atoms with E-state index >= 15 is 0 Å². The van der Waals surface area contributed by atoms with Gasteiger partial charge in [0.2, 0.25) is 6.41 Å². The Labute approximate surface area is 48.3 Å². The lowest BCUT2D eigenvalue weighted by Gasteiger charge is -1.89. The normalized spacial score (nSPS) is 9.12. The molecule has 0 saturated heterocycles. The van der Waals surface area contributed by atoms with Crippen molar-refractivity contribution in [2.75, 3.05) is 6.61 Å². The van der Waals surface area contributed by atoms with Gasteiger partial charge in [-0.15, -0.1) is 0 Å². The SMILES string of the molecule is CCO/C=C/NC=O. The van der Waals surface area contributed by atoms with Gasteiger partial charge in [-0.25, -0.2) is 0 Å². The first kappa shape index (κ1) is 7.01. The second kappa shape index (κ2) is 6.01. The first-order chi connectivity index (χ1) is 3.91. The van der Waals surface area contributed by atoms with Crippen molar-refractivity contribution >= 4 is 6.41 Å². The maximum atomic E-state index is 9.55. The third-order valence-electron chi connectivity index (χ3n) is 0.495. The van der Waals surface area contributed by atoms with Gasteiger partial charge in [0.1, 0.15) is 0 Å². The Bertz CT molecular complexity index is 80.5. The number of rotatable bonds is 4. The Hall–Kier alpha value is -0.990. The molecular weight excluding hydrogens is 106 g/mol. The molecule has 0 aromatic carbocycles. The van der Waals surface area contributed by atoms with Crippen LogP contribution in [0.1, 0.15) is 6.92 Å². The Balaban J connectivity index is 2.94. The van der Waals surface area contributed by atoms with Gasteiger partial charge in [0, 0.05) is 6.20 Å². The predicted molar refractivity (Wildman–Crippen MR) is 30.0 cm³/mol. The van der Waals surface area contributed by atoms with Crippen molar-refractivity contribution < 1.29 is 9.53 Å². The first-order valence-electron chi connectivity index (χ1n) is 2.38. The molecule has 0 unspecified atom stereocenters. The highest BCUT2D eigenvalue weighted by Gasteiger charge is 1.66. The minimum atomic E-state index is 0.579. The minimum absolute atomic E-state index is 0.579. The Kier molecular flexibility index (Phi) is 5.27. The quantitative estimate of drug-likeness (QED) is 0.421. The molecule has 0 spiro atoms. The number of carbonyl (C=O) groups excluding carboxylic acids is 1. The molecule has 46 valence electrons. The van der Waals surface area contributed by atoms with E-state index in [0.29, 0.717) is 13.0 Å². The summed E-state index contributed by atoms with van der Waals surface area (Å²) in [4.78, 5) is 9.55. The molecule has 1 amide bonds. The molecule has 0 aliphatic carbocycles. The third kappa shape index (κ3) is 5.01. The number of ether oxygens (including phenoxy) is 1. The highest BCUT2D eigenvalue weighted by Crippen LogP contribution is 1.70. The van der Waals surface area contributed by atoms with Crippen LogP contribution in [0, 0.1) is 0 Å². The van der Waals surface area contributed by atoms with Gasteiger partial charge in [0.05, 0.1) is 12.9 Å². The lowest BCUT2D eigenvalue weighted by Crippen LogP contribution is -1.98. The summed E-state index contributed by atoms with van der Waals surface area (Å²) in [6.07, 6.45) is 3.43. The highest BCUT2D eigenvalue weighted by atomic mass is 16.5. The summed E-state index contributed by atoms with van der Waals surface area (Å²) in [5, 5.41) is 2.30. The monoisotopic (exact) mass is 115 g/mol. The van der Waals surface area contributed by atoms with Gasteiger partial charge in [-0.05, 0) is 6.92 Å². The number of hydrogen-bond acceptors (Lipinski definition) is 2. The molecule has 0 rings (SSSR count). The van der Waals surface area contributed by atoms with Crippen LogP contribution in [0.2, 0.25) is 0 Å². The van der Waals surface area contributed by atoms with E-state index in [1.54, 1.807) is 0 Å². The predicted octanol–water partition coefficient (Wildman–Crippen LogP) is 0.240. The molecule has 0 fully saturated rings. The molecule has 0 atom stereocenters. The summed E-state index contributed by atoms with van der Waals surface area (Å²) in [5.74, 6) is 0. The second-order valence-corrected chi connectivity index (χ2v) is 1.04. The fraction of sp³-hybridized carbons (Fsp3) is 0.400. The molecule has 3 nitrogen and oxygen atoms in total. The topological polar surface area (TPSA) is 38.3 Å². The molecule has 0 aliphatic heterocycles. The van der Waals surface area contributed by atoms with Gasteiger partial charge in [-0.2, -0.15) is 0 Å². The maximum absolute atomic E-state index is 9.55. The van der Waals surface area contributed by atoms with Crippen molar-refractivity contribution in [3.8, 4) is 0 Å². The fourth-order valence-electron chi connectivity index (χ4n) is 0.223. The van der Waals surface area contributed by atoms with Crippen LogP contribution in [0.25, 0.3) is 0 Å². The van der Waals surface area contributed by atoms with Gasteiger partial charge in [-0.3, -0.25) is 4.79 Å². The van der Waals surface area contributed by atoms with E-state index in [-0.39, 0.29) is 0 Å². The molecule has 0 bridgehead atoms. The van der Waals surface area contributed by atoms with Crippen LogP contribution in [0.4, 0.5) is 0 Å². The van der Waals surface area contributed by atoms with Crippen molar-refractivity contribution in [1.29, 1.82) is 0 Å². The van der Waals surface area contributed by atoms with Crippen molar-refractivity contribution in [2.45, 2.75) is 6.92 Å². The lowest BCUT2D eigenvalue weighted by atomic mass is 10.8. The van der Waals surface area contributed by atoms with Crippen molar-refractivity contribution in [2.24, 2.45) is 0 Å². The van der Waals surface area contributed by atoms with Crippen molar-refractivity contribution in [3.05, 3.63) is 12.5 Å². The lowest BCUT2D eigenvalue weighted by molar-refractivity contribution is -0.108. The van der Waals surface area contributed by atoms with Gasteiger partial charge in [-0.1, -0.05) is 0 Å². The maximum Gasteiger partial charge on any atom is 0.211 e. The van der Waals surface area contributed by atoms with Crippen molar-refractivity contribution in [1.82, 2.24) is 5.32 Å². The molecule has 0 saturated carbocycles. The summed E-state index contributed by atoms with van der Waals surface area (Å²) in [5.41, 5.74) is 0. The average Bonchev–Trinajstić information content (AvgIpc) is 1.81. The zero-order valence-electron chi connectivity index (χ0n) is 4.76. The van der Waals surface area contributed by atoms with Gasteiger partial charge in [0.25, 0.3) is 0 Å². The van der Waals surface area contributed by atoms with E-state index < -0.39 is 0 Å². The number of hydrogen-bond donors (Lipinski definition) is 1. The first-order valence-corrected chi connectivity index (χ1v) is 2.38. The molecule has 1 N–H and O–H groups in total. The number of nitrogens with one attached hydrogen (secondary N) is 1. The minimum Gasteiger partial charge on any atom is -0.500 e. The molecule has 0 aromatic heterocycles. The summed E-state index contributed by atoms with van der Waals surface area (Å²) >= 11 is 0. The van der Waals surface area contributed by atoms with Crippen LogP contribution in [-0.2, 0) is 9.53 Å². The van der Waals surface area contributed by atoms with Crippen LogP contribution >= 0.6 is 0 Å². The van der Waals surface area contributed by atoms with E-state index in [4.69, 9.17) is 4.74 Å². The van der Waals surface area contributed by atoms with Gasteiger partial charge >= 0.3 is 0 Å². The van der Waals surface area contributed by atoms with Gasteiger partial charge in [0.15, 0.2) is 0 Å². The molecule has 0 heterocycles. The van der Waals surface area contributed by atoms with Crippen LogP contribution in [0.5, 0.6) is 0 Å². The Morgan fingerprint density at radius 3 is 3.00 bits per heavy atom. The second-order valence-electron chi connectivity index (χ2n) is 1.04. The number of amides is 1. The average molecular weight is 115 g/mol. The molecular formula is C5H9NO2. The molecule has 0 aromatic rings. The number of carbonyl (C=O) groups is 1. The largest absolute Gasteiger partial charge is 0.500 e. The molecule has 0 aliphatic rings. The highest BCUT2D eigenvalue weighted by molar-refractivity contribution is 5.47. The summed E-state index contributed by atoms with van der Waals surface area (Å²) in [6.45, 7) is 2.49. The summed E-state index contributed by atoms with van der Waals surface area (Å²) in [7, 11) is 0. The smallest absolute Gasteiger partial charge is 0.211 e. The van der Waals surface area contributed by atoms with Crippen LogP contribution < -0.4 is 5.32 Å². The van der Waals surface area contributed by atoms with E-state index in [9.17, 15) is 4.79 Å². The van der Waals surface area contributed by atoms with Crippen molar-refractivity contribution in [3.63, 3.8) is 0 Å². The fourth-order valence-corrected chi connectivity index (χ4v) is 0.223. The summed E-state index contributed by atoms with van der Waals surface area (Å²) in [6, 6.07) is 0. The van der Waals surface area contributed by atoms with Crippen LogP contribution in [0.3, 0.4) is 0 Å². The summed E-state index contributed by atoms with van der Waals surface area (Å²) < 4.78 is 4.73. The molecule has 0 radical (unpaired) electrons. The van der Waals surface area contributed by atoms with Crippen LogP contribution in [0.15, 0.2) is 12.5 Å². The molecule has 3 heteroatoms. The Morgan fingerprint density at radius 1 is 1.75 bits per heavy atom. The zero-order valence-corrected chi connectivity index (χ0v) is 4.76. The third-order valence-corrected chi connectivity index (χ3v) is 0.495. The molecule has 8 heavy (non-hydrogen) atoms. The Morgan fingerprint density at radius 2 is 2.50 bits per heavy atom. The standard InChI is InChI=1S/C5H9NO2/c1-2-8-4-3-6-5-7/h3-5H,2H2,1H3,(H,6,7)/b4-3+. The van der Waals surface area contributed by atoms with Gasteiger partial charge < -0.3 is 10.1 Å². The van der Waals surface area contributed by atoms with E-state index in [1.807, 2.05) is 6.92 Å². The van der Waals surface area contributed by atoms with E-state index in [2.05, 4.69) is 5.32 Å². The zero-order chi connectivity index (χ0) is 6.24. The van der Waals surface area contributed by atoms with E-state index in [0.717, 1.165) is 0 Å². The van der Waals surface area contributed by atoms with E-state index in [1.165, 1.54) is 12.5 Å². The van der Waals surface area contributed by atoms with Crippen LogP contribution in [-0.4, -0.2) is 13.0 Å².